The van der Waals surface area contributed by atoms with E-state index in [4.69, 9.17) is 10.2 Å². The molecule has 1 atom stereocenters. The Bertz CT molecular complexity index is 163. The van der Waals surface area contributed by atoms with Crippen molar-refractivity contribution in [3.63, 3.8) is 0 Å². The normalized spacial score (nSPS) is 12.2. The lowest BCUT2D eigenvalue weighted by atomic mass is 10.3. The van der Waals surface area contributed by atoms with E-state index in [1.165, 1.54) is 6.92 Å². The minimum absolute atomic E-state index is 0.0849. The van der Waals surface area contributed by atoms with Crippen molar-refractivity contribution in [3.8, 4) is 0 Å². The Morgan fingerprint density at radius 2 is 2.00 bits per heavy atom. The molecule has 0 aromatic carbocycles. The highest BCUT2D eigenvalue weighted by Gasteiger charge is 2.07. The molecule has 5 nitrogen and oxygen atoms in total. The topological polar surface area (TPSA) is 83.8 Å². The molecule has 1 unspecified atom stereocenters. The number of aliphatic hydroxyl groups excluding tert-OH is 1. The summed E-state index contributed by atoms with van der Waals surface area (Å²) in [5.74, 6) is -1.64. The minimum Gasteiger partial charge on any atom is -0.481 e. The van der Waals surface area contributed by atoms with Crippen LogP contribution in [0.25, 0.3) is 0 Å². The number of aliphatic hydroxyl groups is 1. The van der Waals surface area contributed by atoms with Gasteiger partial charge in [0, 0.05) is 0 Å². The number of aliphatic carboxylic acids is 1. The van der Waals surface area contributed by atoms with Crippen LogP contribution in [0.1, 0.15) is 19.8 Å². The van der Waals surface area contributed by atoms with Crippen LogP contribution in [0.3, 0.4) is 0 Å². The van der Waals surface area contributed by atoms with E-state index in [-0.39, 0.29) is 19.4 Å². The summed E-state index contributed by atoms with van der Waals surface area (Å²) in [7, 11) is 0. The summed E-state index contributed by atoms with van der Waals surface area (Å²) in [5, 5.41) is 16.9. The van der Waals surface area contributed by atoms with Gasteiger partial charge in [-0.1, -0.05) is 0 Å². The summed E-state index contributed by atoms with van der Waals surface area (Å²) < 4.78 is 4.50. The molecule has 0 amide bonds. The number of rotatable bonds is 5. The second-order valence-corrected chi connectivity index (χ2v) is 2.43. The SMILES string of the molecule is CC(O)COC(=O)CCC(=O)O. The summed E-state index contributed by atoms with van der Waals surface area (Å²) in [6, 6.07) is 0. The first kappa shape index (κ1) is 10.9. The summed E-state index contributed by atoms with van der Waals surface area (Å²) in [5.41, 5.74) is 0. The molecule has 0 saturated carbocycles. The predicted octanol–water partition coefficient (Wildman–Crippen LogP) is -0.225. The molecule has 12 heavy (non-hydrogen) atoms. The predicted molar refractivity (Wildman–Crippen MR) is 39.5 cm³/mol. The Balaban J connectivity index is 3.40. The standard InChI is InChI=1S/C7H12O5/c1-5(8)4-12-7(11)3-2-6(9)10/h5,8H,2-4H2,1H3,(H,9,10). The fourth-order valence-corrected chi connectivity index (χ4v) is 0.495. The third kappa shape index (κ3) is 7.01. The molecule has 0 aliphatic heterocycles. The number of ether oxygens (including phenoxy) is 1. The molecule has 0 aliphatic rings. The van der Waals surface area contributed by atoms with E-state index in [0.717, 1.165) is 0 Å². The van der Waals surface area contributed by atoms with Crippen LogP contribution in [0.2, 0.25) is 0 Å². The van der Waals surface area contributed by atoms with E-state index in [2.05, 4.69) is 4.74 Å². The van der Waals surface area contributed by atoms with Gasteiger partial charge >= 0.3 is 11.9 Å². The zero-order valence-electron chi connectivity index (χ0n) is 6.82. The number of esters is 1. The third-order valence-corrected chi connectivity index (χ3v) is 1.03. The number of carboxylic acid groups (broad SMARTS) is 1. The Labute approximate surface area is 70.0 Å². The van der Waals surface area contributed by atoms with Gasteiger partial charge in [-0.15, -0.1) is 0 Å². The fourth-order valence-electron chi connectivity index (χ4n) is 0.495. The van der Waals surface area contributed by atoms with Crippen molar-refractivity contribution in [1.29, 1.82) is 0 Å². The lowest BCUT2D eigenvalue weighted by molar-refractivity contribution is -0.149. The molecular weight excluding hydrogens is 164 g/mol. The van der Waals surface area contributed by atoms with E-state index < -0.39 is 18.0 Å². The van der Waals surface area contributed by atoms with Crippen molar-refractivity contribution >= 4 is 11.9 Å². The minimum atomic E-state index is -1.04. The highest BCUT2D eigenvalue weighted by molar-refractivity contribution is 5.76. The Morgan fingerprint density at radius 3 is 2.42 bits per heavy atom. The van der Waals surface area contributed by atoms with Gasteiger partial charge in [-0.2, -0.15) is 0 Å². The highest BCUT2D eigenvalue weighted by Crippen LogP contribution is 1.93. The Morgan fingerprint density at radius 1 is 1.42 bits per heavy atom. The molecule has 0 bridgehead atoms. The van der Waals surface area contributed by atoms with E-state index >= 15 is 0 Å². The quantitative estimate of drug-likeness (QED) is 0.565. The van der Waals surface area contributed by atoms with E-state index in [1.54, 1.807) is 0 Å². The van der Waals surface area contributed by atoms with Crippen LogP contribution in [-0.2, 0) is 14.3 Å². The monoisotopic (exact) mass is 176 g/mol. The summed E-state index contributed by atoms with van der Waals surface area (Å²) in [6.45, 7) is 1.39. The van der Waals surface area contributed by atoms with Crippen LogP contribution in [0.4, 0.5) is 0 Å². The summed E-state index contributed by atoms with van der Waals surface area (Å²) in [6.07, 6.45) is -1.10. The van der Waals surface area contributed by atoms with Crippen molar-refractivity contribution in [3.05, 3.63) is 0 Å². The van der Waals surface area contributed by atoms with Crippen LogP contribution in [0.15, 0.2) is 0 Å². The van der Waals surface area contributed by atoms with E-state index in [0.29, 0.717) is 0 Å². The van der Waals surface area contributed by atoms with Gasteiger partial charge in [0.25, 0.3) is 0 Å². The van der Waals surface area contributed by atoms with Gasteiger partial charge in [-0.25, -0.2) is 0 Å². The average molecular weight is 176 g/mol. The zero-order valence-corrected chi connectivity index (χ0v) is 6.82. The highest BCUT2D eigenvalue weighted by atomic mass is 16.5. The maximum Gasteiger partial charge on any atom is 0.306 e. The van der Waals surface area contributed by atoms with Gasteiger partial charge < -0.3 is 14.9 Å². The van der Waals surface area contributed by atoms with Crippen LogP contribution in [0.5, 0.6) is 0 Å². The zero-order chi connectivity index (χ0) is 9.56. The molecular formula is C7H12O5. The first-order valence-corrected chi connectivity index (χ1v) is 3.58. The molecule has 0 rings (SSSR count). The number of carboxylic acids is 1. The fraction of sp³-hybridized carbons (Fsp3) is 0.714. The second kappa shape index (κ2) is 5.54. The largest absolute Gasteiger partial charge is 0.481 e. The molecule has 0 saturated heterocycles. The molecule has 0 fully saturated rings. The Hall–Kier alpha value is -1.10. The molecule has 2 N–H and O–H groups in total. The third-order valence-electron chi connectivity index (χ3n) is 1.03. The van der Waals surface area contributed by atoms with Crippen molar-refractivity contribution in [1.82, 2.24) is 0 Å². The van der Waals surface area contributed by atoms with Gasteiger partial charge in [0.05, 0.1) is 18.9 Å². The van der Waals surface area contributed by atoms with Crippen LogP contribution in [-0.4, -0.2) is 34.9 Å². The molecule has 5 heteroatoms. The molecule has 70 valence electrons. The first-order chi connectivity index (χ1) is 5.52. The van der Waals surface area contributed by atoms with Crippen molar-refractivity contribution < 1.29 is 24.5 Å². The molecule has 0 heterocycles. The van der Waals surface area contributed by atoms with Crippen molar-refractivity contribution in [2.45, 2.75) is 25.9 Å². The average Bonchev–Trinajstić information content (AvgIpc) is 1.96. The summed E-state index contributed by atoms with van der Waals surface area (Å²) in [4.78, 5) is 20.6. The van der Waals surface area contributed by atoms with Crippen molar-refractivity contribution in [2.24, 2.45) is 0 Å². The molecule has 0 radical (unpaired) electrons. The van der Waals surface area contributed by atoms with Gasteiger partial charge in [0.1, 0.15) is 6.61 Å². The molecule has 0 aromatic heterocycles. The maximum atomic E-state index is 10.7. The maximum absolute atomic E-state index is 10.7. The first-order valence-electron chi connectivity index (χ1n) is 3.58. The lowest BCUT2D eigenvalue weighted by Gasteiger charge is -2.04. The van der Waals surface area contributed by atoms with E-state index in [1.807, 2.05) is 0 Å². The number of hydrogen-bond acceptors (Lipinski definition) is 4. The Kier molecular flexibility index (Phi) is 5.03. The molecule has 0 aromatic rings. The van der Waals surface area contributed by atoms with Crippen LogP contribution >= 0.6 is 0 Å². The smallest absolute Gasteiger partial charge is 0.306 e. The number of carbonyl (C=O) groups is 2. The number of carbonyl (C=O) groups excluding carboxylic acids is 1. The van der Waals surface area contributed by atoms with Crippen LogP contribution in [0, 0.1) is 0 Å². The molecule has 0 aliphatic carbocycles. The summed E-state index contributed by atoms with van der Waals surface area (Å²) >= 11 is 0. The van der Waals surface area contributed by atoms with Gasteiger partial charge in [-0.3, -0.25) is 9.59 Å². The number of hydrogen-bond donors (Lipinski definition) is 2. The van der Waals surface area contributed by atoms with Crippen LogP contribution < -0.4 is 0 Å². The van der Waals surface area contributed by atoms with E-state index in [9.17, 15) is 9.59 Å². The van der Waals surface area contributed by atoms with Crippen molar-refractivity contribution in [2.75, 3.05) is 6.61 Å². The molecule has 0 spiro atoms. The van der Waals surface area contributed by atoms with Gasteiger partial charge in [0.2, 0.25) is 0 Å². The second-order valence-electron chi connectivity index (χ2n) is 2.43. The van der Waals surface area contributed by atoms with Gasteiger partial charge in [-0.05, 0) is 6.92 Å². The lowest BCUT2D eigenvalue weighted by Crippen LogP contribution is -2.15. The van der Waals surface area contributed by atoms with Gasteiger partial charge in [0.15, 0.2) is 0 Å².